The van der Waals surface area contributed by atoms with Crippen LogP contribution < -0.4 is 10.6 Å². The van der Waals surface area contributed by atoms with Crippen molar-refractivity contribution >= 4 is 23.7 Å². The molecule has 1 saturated carbocycles. The molecule has 0 saturated heterocycles. The van der Waals surface area contributed by atoms with Crippen LogP contribution in [0.3, 0.4) is 0 Å². The Labute approximate surface area is 172 Å². The van der Waals surface area contributed by atoms with Gasteiger partial charge in [-0.25, -0.2) is 4.79 Å². The summed E-state index contributed by atoms with van der Waals surface area (Å²) in [6.45, 7) is 5.54. The summed E-state index contributed by atoms with van der Waals surface area (Å²) < 4.78 is 10.3. The highest BCUT2D eigenvalue weighted by Gasteiger charge is 2.28. The fraction of sp³-hybridized carbons (Fsp3) is 0.619. The Hall–Kier alpha value is -1.79. The average Bonchev–Trinajstić information content (AvgIpc) is 2.62. The molecule has 1 fully saturated rings. The van der Waals surface area contributed by atoms with Crippen LogP contribution in [0.15, 0.2) is 24.3 Å². The van der Waals surface area contributed by atoms with Crippen molar-refractivity contribution in [2.75, 3.05) is 7.11 Å². The van der Waals surface area contributed by atoms with Crippen LogP contribution >= 0.6 is 11.6 Å². The van der Waals surface area contributed by atoms with E-state index in [2.05, 4.69) is 10.6 Å². The zero-order valence-corrected chi connectivity index (χ0v) is 17.8. The van der Waals surface area contributed by atoms with Crippen LogP contribution in [0.4, 0.5) is 4.79 Å². The fourth-order valence-electron chi connectivity index (χ4n) is 3.37. The molecule has 0 unspecified atom stereocenters. The Morgan fingerprint density at radius 1 is 1.11 bits per heavy atom. The van der Waals surface area contributed by atoms with Crippen molar-refractivity contribution in [3.63, 3.8) is 0 Å². The summed E-state index contributed by atoms with van der Waals surface area (Å²) >= 11 is 5.93. The van der Waals surface area contributed by atoms with Gasteiger partial charge in [0.05, 0.1) is 7.11 Å². The van der Waals surface area contributed by atoms with Gasteiger partial charge in [-0.3, -0.25) is 4.79 Å². The van der Waals surface area contributed by atoms with E-state index in [0.717, 1.165) is 31.2 Å². The molecule has 0 radical (unpaired) electrons. The van der Waals surface area contributed by atoms with Gasteiger partial charge in [0.1, 0.15) is 11.6 Å². The van der Waals surface area contributed by atoms with Crippen molar-refractivity contribution in [1.29, 1.82) is 0 Å². The molecule has 7 heteroatoms. The largest absolute Gasteiger partial charge is 0.468 e. The van der Waals surface area contributed by atoms with E-state index >= 15 is 0 Å². The maximum absolute atomic E-state index is 12.2. The molecular formula is C21H31ClN2O4. The SMILES string of the molecule is COC(=O)[C@@H](Cc1ccc(Cl)cc1)N[C@H]1CC[C@@H](NC(=O)OC(C)(C)C)CC1. The number of halogens is 1. The van der Waals surface area contributed by atoms with Gasteiger partial charge >= 0.3 is 12.1 Å². The summed E-state index contributed by atoms with van der Waals surface area (Å²) in [6.07, 6.45) is 3.58. The lowest BCUT2D eigenvalue weighted by Crippen LogP contribution is -2.49. The lowest BCUT2D eigenvalue weighted by molar-refractivity contribution is -0.143. The van der Waals surface area contributed by atoms with E-state index in [4.69, 9.17) is 21.1 Å². The smallest absolute Gasteiger partial charge is 0.407 e. The Balaban J connectivity index is 1.85. The Morgan fingerprint density at radius 3 is 2.21 bits per heavy atom. The van der Waals surface area contributed by atoms with Crippen molar-refractivity contribution in [1.82, 2.24) is 10.6 Å². The van der Waals surface area contributed by atoms with Crippen LogP contribution in [0.5, 0.6) is 0 Å². The lowest BCUT2D eigenvalue weighted by atomic mass is 9.90. The minimum atomic E-state index is -0.502. The number of rotatable bonds is 6. The highest BCUT2D eigenvalue weighted by molar-refractivity contribution is 6.30. The maximum Gasteiger partial charge on any atom is 0.407 e. The number of nitrogens with one attached hydrogen (secondary N) is 2. The van der Waals surface area contributed by atoms with Crippen LogP contribution in [-0.4, -0.2) is 42.9 Å². The molecule has 1 aromatic rings. The minimum absolute atomic E-state index is 0.0979. The van der Waals surface area contributed by atoms with Gasteiger partial charge in [-0.15, -0.1) is 0 Å². The second kappa shape index (κ2) is 10.1. The van der Waals surface area contributed by atoms with E-state index in [1.807, 2.05) is 45.0 Å². The number of methoxy groups -OCH3 is 1. The van der Waals surface area contributed by atoms with Crippen LogP contribution in [0.25, 0.3) is 0 Å². The second-order valence-corrected chi connectivity index (χ2v) is 8.70. The van der Waals surface area contributed by atoms with E-state index in [0.29, 0.717) is 11.4 Å². The predicted octanol–water partition coefficient (Wildman–Crippen LogP) is 3.85. The molecule has 6 nitrogen and oxygen atoms in total. The Bertz CT molecular complexity index is 649. The molecule has 1 atom stereocenters. The number of carbonyl (C=O) groups excluding carboxylic acids is 2. The van der Waals surface area contributed by atoms with Crippen molar-refractivity contribution in [3.05, 3.63) is 34.9 Å². The molecule has 1 aliphatic rings. The number of benzene rings is 1. The van der Waals surface area contributed by atoms with Gasteiger partial charge in [0.25, 0.3) is 0 Å². The van der Waals surface area contributed by atoms with Crippen molar-refractivity contribution < 1.29 is 19.1 Å². The van der Waals surface area contributed by atoms with Crippen molar-refractivity contribution in [2.45, 2.75) is 76.6 Å². The molecule has 0 heterocycles. The zero-order valence-electron chi connectivity index (χ0n) is 17.1. The summed E-state index contributed by atoms with van der Waals surface area (Å²) in [7, 11) is 1.40. The summed E-state index contributed by atoms with van der Waals surface area (Å²) in [5, 5.41) is 7.03. The normalized spacial score (nSPS) is 20.9. The van der Waals surface area contributed by atoms with Crippen LogP contribution in [0, 0.1) is 0 Å². The molecule has 0 aliphatic heterocycles. The van der Waals surface area contributed by atoms with Crippen molar-refractivity contribution in [2.24, 2.45) is 0 Å². The summed E-state index contributed by atoms with van der Waals surface area (Å²) in [5.41, 5.74) is 0.519. The van der Waals surface area contributed by atoms with E-state index in [1.165, 1.54) is 7.11 Å². The third-order valence-corrected chi connectivity index (χ3v) is 4.98. The fourth-order valence-corrected chi connectivity index (χ4v) is 3.50. The highest BCUT2D eigenvalue weighted by atomic mass is 35.5. The van der Waals surface area contributed by atoms with E-state index in [-0.39, 0.29) is 24.1 Å². The van der Waals surface area contributed by atoms with Crippen molar-refractivity contribution in [3.8, 4) is 0 Å². The first-order chi connectivity index (χ1) is 13.2. The quantitative estimate of drug-likeness (QED) is 0.696. The number of carbonyl (C=O) groups is 2. The van der Waals surface area contributed by atoms with E-state index in [1.54, 1.807) is 0 Å². The molecule has 0 spiro atoms. The van der Waals surface area contributed by atoms with Gasteiger partial charge < -0.3 is 20.1 Å². The number of amides is 1. The van der Waals surface area contributed by atoms with Crippen LogP contribution in [0.2, 0.25) is 5.02 Å². The van der Waals surface area contributed by atoms with E-state index in [9.17, 15) is 9.59 Å². The van der Waals surface area contributed by atoms with E-state index < -0.39 is 11.6 Å². The van der Waals surface area contributed by atoms with Gasteiger partial charge in [0, 0.05) is 17.1 Å². The van der Waals surface area contributed by atoms with Gasteiger partial charge in [0.2, 0.25) is 0 Å². The summed E-state index contributed by atoms with van der Waals surface area (Å²) in [4.78, 5) is 24.1. The molecule has 2 rings (SSSR count). The summed E-state index contributed by atoms with van der Waals surface area (Å²) in [5.74, 6) is -0.274. The first-order valence-corrected chi connectivity index (χ1v) is 10.1. The standard InChI is InChI=1S/C21H31ClN2O4/c1-21(2,3)28-20(26)24-17-11-9-16(10-12-17)23-18(19(25)27-4)13-14-5-7-15(22)8-6-14/h5-8,16-18,23H,9-13H2,1-4H3,(H,24,26)/t16-,17+,18-/m1/s1. The molecule has 1 aromatic carbocycles. The Morgan fingerprint density at radius 2 is 1.68 bits per heavy atom. The molecule has 1 aliphatic carbocycles. The molecule has 0 aromatic heterocycles. The number of alkyl carbamates (subject to hydrolysis) is 1. The molecule has 2 N–H and O–H groups in total. The minimum Gasteiger partial charge on any atom is -0.468 e. The topological polar surface area (TPSA) is 76.7 Å². The van der Waals surface area contributed by atoms with Gasteiger partial charge in [0.15, 0.2) is 0 Å². The van der Waals surface area contributed by atoms with Crippen LogP contribution in [0.1, 0.15) is 52.0 Å². The zero-order chi connectivity index (χ0) is 20.7. The van der Waals surface area contributed by atoms with Gasteiger partial charge in [-0.1, -0.05) is 23.7 Å². The average molecular weight is 411 g/mol. The number of esters is 1. The Kier molecular flexibility index (Phi) is 8.13. The molecule has 156 valence electrons. The molecular weight excluding hydrogens is 380 g/mol. The number of ether oxygens (including phenoxy) is 2. The predicted molar refractivity (Wildman–Crippen MR) is 110 cm³/mol. The van der Waals surface area contributed by atoms with Gasteiger partial charge in [-0.2, -0.15) is 0 Å². The highest BCUT2D eigenvalue weighted by Crippen LogP contribution is 2.21. The first kappa shape index (κ1) is 22.5. The molecule has 28 heavy (non-hydrogen) atoms. The third-order valence-electron chi connectivity index (χ3n) is 4.72. The van der Waals surface area contributed by atoms with Gasteiger partial charge in [-0.05, 0) is 70.6 Å². The molecule has 0 bridgehead atoms. The first-order valence-electron chi connectivity index (χ1n) is 9.74. The number of hydrogen-bond acceptors (Lipinski definition) is 5. The van der Waals surface area contributed by atoms with Crippen LogP contribution in [-0.2, 0) is 20.7 Å². The third kappa shape index (κ3) is 7.68. The second-order valence-electron chi connectivity index (χ2n) is 8.27. The summed E-state index contributed by atoms with van der Waals surface area (Å²) in [6, 6.07) is 7.36. The maximum atomic E-state index is 12.2. The monoisotopic (exact) mass is 410 g/mol. The lowest BCUT2D eigenvalue weighted by Gasteiger charge is -2.32. The number of hydrogen-bond donors (Lipinski definition) is 2. The molecule has 1 amide bonds.